The van der Waals surface area contributed by atoms with Crippen LogP contribution in [0.5, 0.6) is 0 Å². The molecule has 0 atom stereocenters. The summed E-state index contributed by atoms with van der Waals surface area (Å²) in [6.45, 7) is 2.22. The van der Waals surface area contributed by atoms with Crippen molar-refractivity contribution < 1.29 is 9.47 Å². The van der Waals surface area contributed by atoms with Crippen molar-refractivity contribution in [3.8, 4) is 0 Å². The van der Waals surface area contributed by atoms with Gasteiger partial charge in [-0.25, -0.2) is 0 Å². The normalized spacial score (nSPS) is 32.0. The largest absolute Gasteiger partial charge is 0.381 e. The SMILES string of the molecule is COC1CCC(c2cc(C)cc(C3CCC(OC)CC3)n2)CC1. The van der Waals surface area contributed by atoms with Gasteiger partial charge in [0.15, 0.2) is 0 Å². The average molecular weight is 317 g/mol. The number of rotatable bonds is 4. The van der Waals surface area contributed by atoms with Crippen LogP contribution in [0, 0.1) is 6.92 Å². The van der Waals surface area contributed by atoms with Crippen LogP contribution in [-0.2, 0) is 9.47 Å². The minimum Gasteiger partial charge on any atom is -0.381 e. The molecule has 2 aliphatic carbocycles. The number of ether oxygens (including phenoxy) is 2. The number of hydrogen-bond donors (Lipinski definition) is 0. The number of aryl methyl sites for hydroxylation is 1. The molecule has 1 aromatic rings. The lowest BCUT2D eigenvalue weighted by atomic mass is 9.82. The first-order valence-electron chi connectivity index (χ1n) is 9.23. The second-order valence-corrected chi connectivity index (χ2v) is 7.41. The number of hydrogen-bond acceptors (Lipinski definition) is 3. The maximum absolute atomic E-state index is 5.51. The van der Waals surface area contributed by atoms with Gasteiger partial charge in [0.1, 0.15) is 0 Å². The van der Waals surface area contributed by atoms with E-state index in [1.807, 2.05) is 14.2 Å². The first kappa shape index (κ1) is 16.9. The predicted octanol–water partition coefficient (Wildman–Crippen LogP) is 4.74. The highest BCUT2D eigenvalue weighted by Crippen LogP contribution is 2.37. The summed E-state index contributed by atoms with van der Waals surface area (Å²) >= 11 is 0. The van der Waals surface area contributed by atoms with Crippen LogP contribution in [0.2, 0.25) is 0 Å². The zero-order chi connectivity index (χ0) is 16.2. The Morgan fingerprint density at radius 2 is 1.13 bits per heavy atom. The van der Waals surface area contributed by atoms with E-state index in [4.69, 9.17) is 14.5 Å². The molecule has 0 spiro atoms. The molecule has 0 amide bonds. The molecule has 1 heterocycles. The summed E-state index contributed by atoms with van der Waals surface area (Å²) in [5.74, 6) is 1.24. The van der Waals surface area contributed by atoms with Crippen molar-refractivity contribution in [1.29, 1.82) is 0 Å². The van der Waals surface area contributed by atoms with Crippen LogP contribution in [-0.4, -0.2) is 31.4 Å². The summed E-state index contributed by atoms with van der Waals surface area (Å²) < 4.78 is 11.0. The molecule has 0 radical (unpaired) electrons. The molecule has 128 valence electrons. The Morgan fingerprint density at radius 1 is 0.739 bits per heavy atom. The molecular formula is C20H31NO2. The van der Waals surface area contributed by atoms with Gasteiger partial charge in [0.05, 0.1) is 12.2 Å². The van der Waals surface area contributed by atoms with E-state index in [0.29, 0.717) is 24.0 Å². The van der Waals surface area contributed by atoms with Crippen LogP contribution >= 0.6 is 0 Å². The molecule has 0 bridgehead atoms. The van der Waals surface area contributed by atoms with E-state index in [9.17, 15) is 0 Å². The van der Waals surface area contributed by atoms with E-state index in [-0.39, 0.29) is 0 Å². The van der Waals surface area contributed by atoms with Crippen LogP contribution in [0.4, 0.5) is 0 Å². The first-order valence-corrected chi connectivity index (χ1v) is 9.23. The summed E-state index contributed by atoms with van der Waals surface area (Å²) in [5.41, 5.74) is 4.01. The Hall–Kier alpha value is -0.930. The Bertz CT molecular complexity index is 458. The summed E-state index contributed by atoms with van der Waals surface area (Å²) in [5, 5.41) is 0. The van der Waals surface area contributed by atoms with Crippen LogP contribution in [0.15, 0.2) is 12.1 Å². The topological polar surface area (TPSA) is 31.4 Å². The molecule has 0 aliphatic heterocycles. The van der Waals surface area contributed by atoms with Gasteiger partial charge in [0, 0.05) is 37.4 Å². The second-order valence-electron chi connectivity index (χ2n) is 7.41. The number of nitrogens with zero attached hydrogens (tertiary/aromatic N) is 1. The lowest BCUT2D eigenvalue weighted by Crippen LogP contribution is -2.22. The van der Waals surface area contributed by atoms with E-state index in [0.717, 1.165) is 0 Å². The van der Waals surface area contributed by atoms with E-state index in [2.05, 4.69) is 19.1 Å². The highest BCUT2D eigenvalue weighted by Gasteiger charge is 2.26. The van der Waals surface area contributed by atoms with Gasteiger partial charge in [-0.2, -0.15) is 0 Å². The fraction of sp³-hybridized carbons (Fsp3) is 0.750. The van der Waals surface area contributed by atoms with E-state index >= 15 is 0 Å². The van der Waals surface area contributed by atoms with Gasteiger partial charge in [0.2, 0.25) is 0 Å². The minimum atomic E-state index is 0.458. The summed E-state index contributed by atoms with van der Waals surface area (Å²) in [4.78, 5) is 5.10. The monoisotopic (exact) mass is 317 g/mol. The third-order valence-corrected chi connectivity index (χ3v) is 5.86. The van der Waals surface area contributed by atoms with Crippen LogP contribution in [0.25, 0.3) is 0 Å². The highest BCUT2D eigenvalue weighted by atomic mass is 16.5. The molecular weight excluding hydrogens is 286 g/mol. The summed E-state index contributed by atoms with van der Waals surface area (Å²) in [6, 6.07) is 4.62. The van der Waals surface area contributed by atoms with Crippen LogP contribution < -0.4 is 0 Å². The molecule has 0 unspecified atom stereocenters. The van der Waals surface area contributed by atoms with E-state index in [1.165, 1.54) is 68.3 Å². The third-order valence-electron chi connectivity index (χ3n) is 5.86. The summed E-state index contributed by atoms with van der Waals surface area (Å²) in [7, 11) is 3.68. The Morgan fingerprint density at radius 3 is 1.48 bits per heavy atom. The highest BCUT2D eigenvalue weighted by molar-refractivity contribution is 5.25. The zero-order valence-corrected chi connectivity index (χ0v) is 14.9. The van der Waals surface area contributed by atoms with Crippen LogP contribution in [0.1, 0.15) is 80.2 Å². The fourth-order valence-corrected chi connectivity index (χ4v) is 4.33. The van der Waals surface area contributed by atoms with Crippen molar-refractivity contribution in [2.75, 3.05) is 14.2 Å². The maximum Gasteiger partial charge on any atom is 0.0571 e. The average Bonchev–Trinajstić information content (AvgIpc) is 2.61. The number of methoxy groups -OCH3 is 2. The van der Waals surface area contributed by atoms with Gasteiger partial charge in [-0.15, -0.1) is 0 Å². The maximum atomic E-state index is 5.51. The van der Waals surface area contributed by atoms with Crippen molar-refractivity contribution in [1.82, 2.24) is 4.98 Å². The Labute approximate surface area is 140 Å². The fourth-order valence-electron chi connectivity index (χ4n) is 4.33. The van der Waals surface area contributed by atoms with E-state index in [1.54, 1.807) is 0 Å². The molecule has 1 aromatic heterocycles. The van der Waals surface area contributed by atoms with Crippen molar-refractivity contribution >= 4 is 0 Å². The lowest BCUT2D eigenvalue weighted by molar-refractivity contribution is 0.0646. The minimum absolute atomic E-state index is 0.458. The molecule has 3 nitrogen and oxygen atoms in total. The van der Waals surface area contributed by atoms with Gasteiger partial charge < -0.3 is 9.47 Å². The van der Waals surface area contributed by atoms with Gasteiger partial charge in [0.25, 0.3) is 0 Å². The zero-order valence-electron chi connectivity index (χ0n) is 14.9. The molecule has 0 aromatic carbocycles. The van der Waals surface area contributed by atoms with Crippen LogP contribution in [0.3, 0.4) is 0 Å². The van der Waals surface area contributed by atoms with Gasteiger partial charge in [-0.1, -0.05) is 0 Å². The molecule has 0 saturated heterocycles. The standard InChI is InChI=1S/C20H31NO2/c1-14-12-19(15-4-8-17(22-2)9-5-15)21-20(13-14)16-6-10-18(23-3)11-7-16/h12-13,15-18H,4-11H2,1-3H3. The number of aromatic nitrogens is 1. The van der Waals surface area contributed by atoms with Crippen molar-refractivity contribution in [2.24, 2.45) is 0 Å². The van der Waals surface area contributed by atoms with E-state index < -0.39 is 0 Å². The molecule has 2 fully saturated rings. The molecule has 2 aliphatic rings. The number of pyridine rings is 1. The summed E-state index contributed by atoms with van der Waals surface area (Å²) in [6.07, 6.45) is 10.5. The predicted molar refractivity (Wildman–Crippen MR) is 93.0 cm³/mol. The molecule has 3 heteroatoms. The van der Waals surface area contributed by atoms with Crippen molar-refractivity contribution in [2.45, 2.75) is 82.3 Å². The molecule has 3 rings (SSSR count). The molecule has 0 N–H and O–H groups in total. The third kappa shape index (κ3) is 4.13. The van der Waals surface area contributed by atoms with Crippen molar-refractivity contribution in [3.63, 3.8) is 0 Å². The molecule has 2 saturated carbocycles. The second kappa shape index (κ2) is 7.76. The lowest BCUT2D eigenvalue weighted by Gasteiger charge is -2.30. The van der Waals surface area contributed by atoms with Gasteiger partial charge in [-0.05, 0) is 76.0 Å². The van der Waals surface area contributed by atoms with Gasteiger partial charge in [-0.3, -0.25) is 4.98 Å². The Kier molecular flexibility index (Phi) is 5.71. The quantitative estimate of drug-likeness (QED) is 0.804. The smallest absolute Gasteiger partial charge is 0.0571 e. The Balaban J connectivity index is 1.70. The molecule has 23 heavy (non-hydrogen) atoms. The van der Waals surface area contributed by atoms with Gasteiger partial charge >= 0.3 is 0 Å². The van der Waals surface area contributed by atoms with Crippen molar-refractivity contribution in [3.05, 3.63) is 29.1 Å². The first-order chi connectivity index (χ1) is 11.2.